The van der Waals surface area contributed by atoms with Gasteiger partial charge in [0.05, 0.1) is 0 Å². The second kappa shape index (κ2) is 5.44. The maximum absolute atomic E-state index is 12.9. The van der Waals surface area contributed by atoms with E-state index >= 15 is 0 Å². The summed E-state index contributed by atoms with van der Waals surface area (Å²) in [6, 6.07) is 11.3. The highest BCUT2D eigenvalue weighted by atomic mass is 127. The number of halogens is 3. The summed E-state index contributed by atoms with van der Waals surface area (Å²) >= 11 is 2.18. The van der Waals surface area contributed by atoms with Gasteiger partial charge in [0.1, 0.15) is 12.4 Å². The van der Waals surface area contributed by atoms with E-state index in [-0.39, 0.29) is 6.61 Å². The molecule has 0 saturated heterocycles. The minimum atomic E-state index is -0.853. The van der Waals surface area contributed by atoms with Gasteiger partial charge in [-0.25, -0.2) is 8.78 Å². The maximum atomic E-state index is 12.9. The van der Waals surface area contributed by atoms with Crippen molar-refractivity contribution in [2.75, 3.05) is 0 Å². The van der Waals surface area contributed by atoms with Crippen LogP contribution >= 0.6 is 22.6 Å². The van der Waals surface area contributed by atoms with Gasteiger partial charge in [-0.15, -0.1) is 0 Å². The zero-order chi connectivity index (χ0) is 12.3. The van der Waals surface area contributed by atoms with Gasteiger partial charge in [0.25, 0.3) is 0 Å². The third kappa shape index (κ3) is 3.39. The quantitative estimate of drug-likeness (QED) is 0.759. The van der Waals surface area contributed by atoms with Gasteiger partial charge in [0.2, 0.25) is 0 Å². The fourth-order valence-corrected chi connectivity index (χ4v) is 1.87. The average Bonchev–Trinajstić information content (AvgIpc) is 2.31. The highest BCUT2D eigenvalue weighted by molar-refractivity contribution is 14.1. The molecule has 0 radical (unpaired) electrons. The van der Waals surface area contributed by atoms with Crippen LogP contribution in [0.4, 0.5) is 8.78 Å². The van der Waals surface area contributed by atoms with Crippen molar-refractivity contribution in [1.29, 1.82) is 0 Å². The molecule has 0 aromatic heterocycles. The predicted octanol–water partition coefficient (Wildman–Crippen LogP) is 4.15. The Morgan fingerprint density at radius 3 is 2.53 bits per heavy atom. The summed E-state index contributed by atoms with van der Waals surface area (Å²) in [4.78, 5) is 0. The van der Waals surface area contributed by atoms with Crippen molar-refractivity contribution in [3.63, 3.8) is 0 Å². The third-order valence-corrected chi connectivity index (χ3v) is 2.86. The molecule has 0 unspecified atom stereocenters. The second-order valence-electron chi connectivity index (χ2n) is 3.49. The summed E-state index contributed by atoms with van der Waals surface area (Å²) in [6.07, 6.45) is 0. The predicted molar refractivity (Wildman–Crippen MR) is 69.8 cm³/mol. The van der Waals surface area contributed by atoms with Crippen LogP contribution in [0.5, 0.6) is 5.75 Å². The van der Waals surface area contributed by atoms with Crippen LogP contribution in [0.2, 0.25) is 0 Å². The molecule has 2 aromatic carbocycles. The monoisotopic (exact) mass is 346 g/mol. The van der Waals surface area contributed by atoms with E-state index in [1.54, 1.807) is 0 Å². The summed E-state index contributed by atoms with van der Waals surface area (Å²) in [6.45, 7) is 0.220. The van der Waals surface area contributed by atoms with Gasteiger partial charge in [-0.05, 0) is 58.5 Å². The van der Waals surface area contributed by atoms with Crippen molar-refractivity contribution >= 4 is 22.6 Å². The summed E-state index contributed by atoms with van der Waals surface area (Å²) in [5, 5.41) is 0. The molecule has 88 valence electrons. The molecular weight excluding hydrogens is 337 g/mol. The van der Waals surface area contributed by atoms with Gasteiger partial charge in [0, 0.05) is 3.57 Å². The summed E-state index contributed by atoms with van der Waals surface area (Å²) in [5.74, 6) is -0.988. The third-order valence-electron chi connectivity index (χ3n) is 2.19. The van der Waals surface area contributed by atoms with Crippen molar-refractivity contribution in [3.05, 3.63) is 63.2 Å². The van der Waals surface area contributed by atoms with Gasteiger partial charge >= 0.3 is 0 Å². The van der Waals surface area contributed by atoms with Crippen LogP contribution in [-0.2, 0) is 6.61 Å². The van der Waals surface area contributed by atoms with E-state index in [2.05, 4.69) is 22.6 Å². The molecule has 0 saturated carbocycles. The molecule has 0 aliphatic carbocycles. The highest BCUT2D eigenvalue weighted by Crippen LogP contribution is 2.17. The standard InChI is InChI=1S/C13H9F2IO/c14-12-5-4-9(6-13(12)15)8-17-11-3-1-2-10(16)7-11/h1-7H,8H2. The normalized spacial score (nSPS) is 10.3. The molecule has 0 spiro atoms. The first-order chi connectivity index (χ1) is 8.15. The van der Waals surface area contributed by atoms with E-state index < -0.39 is 11.6 Å². The van der Waals surface area contributed by atoms with Crippen LogP contribution in [0, 0.1) is 15.2 Å². The SMILES string of the molecule is Fc1ccc(COc2cccc(I)c2)cc1F. The van der Waals surface area contributed by atoms with Crippen LogP contribution in [0.3, 0.4) is 0 Å². The highest BCUT2D eigenvalue weighted by Gasteiger charge is 2.03. The van der Waals surface area contributed by atoms with E-state index in [4.69, 9.17) is 4.74 Å². The molecular formula is C13H9F2IO. The Hall–Kier alpha value is -1.17. The molecule has 17 heavy (non-hydrogen) atoms. The Morgan fingerprint density at radius 2 is 1.82 bits per heavy atom. The first kappa shape index (κ1) is 12.3. The van der Waals surface area contributed by atoms with Crippen molar-refractivity contribution in [2.45, 2.75) is 6.61 Å². The van der Waals surface area contributed by atoms with Crippen molar-refractivity contribution < 1.29 is 13.5 Å². The van der Waals surface area contributed by atoms with Crippen molar-refractivity contribution in [2.24, 2.45) is 0 Å². The van der Waals surface area contributed by atoms with E-state index in [0.29, 0.717) is 11.3 Å². The summed E-state index contributed by atoms with van der Waals surface area (Å²) < 4.78 is 32.2. The first-order valence-corrected chi connectivity index (χ1v) is 6.05. The zero-order valence-electron chi connectivity index (χ0n) is 8.79. The second-order valence-corrected chi connectivity index (χ2v) is 4.74. The minimum absolute atomic E-state index is 0.220. The van der Waals surface area contributed by atoms with Gasteiger partial charge < -0.3 is 4.74 Å². The lowest BCUT2D eigenvalue weighted by molar-refractivity contribution is 0.305. The lowest BCUT2D eigenvalue weighted by Gasteiger charge is -2.06. The molecule has 0 atom stereocenters. The Bertz CT molecular complexity index is 529. The lowest BCUT2D eigenvalue weighted by Crippen LogP contribution is -1.97. The molecule has 0 amide bonds. The van der Waals surface area contributed by atoms with Crippen LogP contribution in [0.15, 0.2) is 42.5 Å². The summed E-state index contributed by atoms with van der Waals surface area (Å²) in [7, 11) is 0. The van der Waals surface area contributed by atoms with E-state index in [9.17, 15) is 8.78 Å². The molecule has 0 N–H and O–H groups in total. The minimum Gasteiger partial charge on any atom is -0.489 e. The van der Waals surface area contributed by atoms with Gasteiger partial charge in [-0.2, -0.15) is 0 Å². The molecule has 1 nitrogen and oxygen atoms in total. The van der Waals surface area contributed by atoms with E-state index in [0.717, 1.165) is 15.7 Å². The maximum Gasteiger partial charge on any atom is 0.159 e. The number of hydrogen-bond acceptors (Lipinski definition) is 1. The fourth-order valence-electron chi connectivity index (χ4n) is 1.35. The van der Waals surface area contributed by atoms with Crippen molar-refractivity contribution in [1.82, 2.24) is 0 Å². The topological polar surface area (TPSA) is 9.23 Å². The number of rotatable bonds is 3. The number of ether oxygens (including phenoxy) is 1. The molecule has 0 aliphatic heterocycles. The Kier molecular flexibility index (Phi) is 3.93. The van der Waals surface area contributed by atoms with Gasteiger partial charge in [0.15, 0.2) is 11.6 Å². The molecule has 2 rings (SSSR count). The van der Waals surface area contributed by atoms with E-state index in [1.165, 1.54) is 6.07 Å². The smallest absolute Gasteiger partial charge is 0.159 e. The van der Waals surface area contributed by atoms with Gasteiger partial charge in [-0.3, -0.25) is 0 Å². The largest absolute Gasteiger partial charge is 0.489 e. The molecule has 2 aromatic rings. The zero-order valence-corrected chi connectivity index (χ0v) is 10.9. The molecule has 0 heterocycles. The van der Waals surface area contributed by atoms with Crippen LogP contribution in [-0.4, -0.2) is 0 Å². The summed E-state index contributed by atoms with van der Waals surface area (Å²) in [5.41, 5.74) is 0.600. The van der Waals surface area contributed by atoms with Crippen LogP contribution in [0.25, 0.3) is 0 Å². The lowest BCUT2D eigenvalue weighted by atomic mass is 10.2. The number of hydrogen-bond donors (Lipinski definition) is 0. The average molecular weight is 346 g/mol. The van der Waals surface area contributed by atoms with Crippen molar-refractivity contribution in [3.8, 4) is 5.75 Å². The number of benzene rings is 2. The fraction of sp³-hybridized carbons (Fsp3) is 0.0769. The Morgan fingerprint density at radius 1 is 1.00 bits per heavy atom. The van der Waals surface area contributed by atoms with E-state index in [1.807, 2.05) is 24.3 Å². The van der Waals surface area contributed by atoms with Crippen LogP contribution < -0.4 is 4.74 Å². The van der Waals surface area contributed by atoms with Gasteiger partial charge in [-0.1, -0.05) is 12.1 Å². The Labute approximate surface area is 112 Å². The molecule has 0 bridgehead atoms. The first-order valence-electron chi connectivity index (χ1n) is 4.97. The van der Waals surface area contributed by atoms with Crippen LogP contribution in [0.1, 0.15) is 5.56 Å². The molecule has 4 heteroatoms. The molecule has 0 fully saturated rings. The molecule has 0 aliphatic rings. The Balaban J connectivity index is 2.05.